The van der Waals surface area contributed by atoms with Gasteiger partial charge in [-0.05, 0) is 37.0 Å². The molecule has 1 aliphatic carbocycles. The highest BCUT2D eigenvalue weighted by Crippen LogP contribution is 2.45. The molecular formula is C25H25F3N2O3. The van der Waals surface area contributed by atoms with Crippen LogP contribution in [0.4, 0.5) is 13.2 Å². The summed E-state index contributed by atoms with van der Waals surface area (Å²) in [5, 5.41) is 0. The summed E-state index contributed by atoms with van der Waals surface area (Å²) >= 11 is 0. The van der Waals surface area contributed by atoms with Crippen molar-refractivity contribution >= 4 is 17.7 Å². The third-order valence-corrected chi connectivity index (χ3v) is 6.41. The Kier molecular flexibility index (Phi) is 6.03. The molecule has 0 spiro atoms. The molecule has 2 aromatic rings. The number of hydrogen-bond acceptors (Lipinski definition) is 3. The largest absolute Gasteiger partial charge is 0.416 e. The van der Waals surface area contributed by atoms with E-state index in [1.807, 2.05) is 30.3 Å². The van der Waals surface area contributed by atoms with Gasteiger partial charge in [0, 0.05) is 32.0 Å². The number of likely N-dealkylation sites (tertiary alicyclic amines) is 1. The zero-order chi connectivity index (χ0) is 23.8. The summed E-state index contributed by atoms with van der Waals surface area (Å²) in [6, 6.07) is 13.6. The van der Waals surface area contributed by atoms with Crippen molar-refractivity contribution in [2.45, 2.75) is 56.8 Å². The molecule has 4 rings (SSSR count). The Bertz CT molecular complexity index is 1070. The van der Waals surface area contributed by atoms with Gasteiger partial charge in [0.2, 0.25) is 17.7 Å². The molecule has 0 aromatic heterocycles. The number of rotatable bonds is 7. The Morgan fingerprint density at radius 3 is 2.39 bits per heavy atom. The predicted octanol–water partition coefficient (Wildman–Crippen LogP) is 4.30. The zero-order valence-corrected chi connectivity index (χ0v) is 18.3. The van der Waals surface area contributed by atoms with Gasteiger partial charge in [0.15, 0.2) is 0 Å². The molecule has 3 amide bonds. The Balaban J connectivity index is 1.70. The molecule has 1 heterocycles. The van der Waals surface area contributed by atoms with E-state index in [9.17, 15) is 27.6 Å². The maximum atomic E-state index is 13.5. The molecule has 174 valence electrons. The highest BCUT2D eigenvalue weighted by atomic mass is 19.4. The molecule has 0 bridgehead atoms. The van der Waals surface area contributed by atoms with E-state index >= 15 is 0 Å². The second-order valence-electron chi connectivity index (χ2n) is 8.71. The van der Waals surface area contributed by atoms with Crippen molar-refractivity contribution in [1.29, 1.82) is 0 Å². The highest BCUT2D eigenvalue weighted by molar-refractivity contribution is 6.11. The SMILES string of the molecule is CCN(Cc1ccccc1)C(=O)C[C@@]1(c2cccc(C(F)(F)F)c2)CC(=O)N(C2CC2)C1=O. The van der Waals surface area contributed by atoms with E-state index in [-0.39, 0.29) is 30.4 Å². The van der Waals surface area contributed by atoms with E-state index in [1.54, 1.807) is 11.8 Å². The first kappa shape index (κ1) is 23.0. The number of benzene rings is 2. The molecule has 0 N–H and O–H groups in total. The van der Waals surface area contributed by atoms with Gasteiger partial charge in [-0.3, -0.25) is 19.3 Å². The lowest BCUT2D eigenvalue weighted by molar-refractivity contribution is -0.143. The van der Waals surface area contributed by atoms with Crippen LogP contribution in [0.25, 0.3) is 0 Å². The van der Waals surface area contributed by atoms with Crippen LogP contribution in [0.15, 0.2) is 54.6 Å². The van der Waals surface area contributed by atoms with Crippen LogP contribution in [-0.4, -0.2) is 40.1 Å². The standard InChI is InChI=1S/C25H25F3N2O3/c1-2-29(16-17-7-4-3-5-8-17)21(31)14-24(15-22(32)30(23(24)33)20-11-12-20)18-9-6-10-19(13-18)25(26,27)28/h3-10,13,20H,2,11-12,14-16H2,1H3/t24-/m0/s1. The lowest BCUT2D eigenvalue weighted by Gasteiger charge is -2.31. The first-order valence-corrected chi connectivity index (χ1v) is 11.0. The Labute approximate surface area is 190 Å². The summed E-state index contributed by atoms with van der Waals surface area (Å²) < 4.78 is 40.3. The van der Waals surface area contributed by atoms with Crippen LogP contribution < -0.4 is 0 Å². The molecule has 1 atom stereocenters. The number of carbonyl (C=O) groups excluding carboxylic acids is 3. The van der Waals surface area contributed by atoms with Crippen molar-refractivity contribution in [1.82, 2.24) is 9.80 Å². The van der Waals surface area contributed by atoms with E-state index in [0.717, 1.165) is 17.7 Å². The van der Waals surface area contributed by atoms with E-state index in [0.29, 0.717) is 25.9 Å². The molecule has 1 saturated heterocycles. The minimum atomic E-state index is -4.61. The summed E-state index contributed by atoms with van der Waals surface area (Å²) in [6.45, 7) is 2.47. The van der Waals surface area contributed by atoms with Gasteiger partial charge < -0.3 is 4.90 Å². The predicted molar refractivity (Wildman–Crippen MR) is 115 cm³/mol. The van der Waals surface area contributed by atoms with Crippen molar-refractivity contribution in [3.63, 3.8) is 0 Å². The van der Waals surface area contributed by atoms with Crippen molar-refractivity contribution < 1.29 is 27.6 Å². The van der Waals surface area contributed by atoms with Gasteiger partial charge in [-0.15, -0.1) is 0 Å². The van der Waals surface area contributed by atoms with Gasteiger partial charge in [-0.25, -0.2) is 0 Å². The number of amides is 3. The van der Waals surface area contributed by atoms with Gasteiger partial charge >= 0.3 is 6.18 Å². The van der Waals surface area contributed by atoms with Crippen LogP contribution in [0.2, 0.25) is 0 Å². The molecular weight excluding hydrogens is 433 g/mol. The lowest BCUT2D eigenvalue weighted by atomic mass is 9.75. The van der Waals surface area contributed by atoms with Gasteiger partial charge in [0.05, 0.1) is 11.0 Å². The monoisotopic (exact) mass is 458 g/mol. The van der Waals surface area contributed by atoms with Crippen molar-refractivity contribution in [3.8, 4) is 0 Å². The zero-order valence-electron chi connectivity index (χ0n) is 18.3. The van der Waals surface area contributed by atoms with E-state index in [4.69, 9.17) is 0 Å². The molecule has 2 aromatic carbocycles. The third-order valence-electron chi connectivity index (χ3n) is 6.41. The minimum Gasteiger partial charge on any atom is -0.339 e. The highest BCUT2D eigenvalue weighted by Gasteiger charge is 2.57. The topological polar surface area (TPSA) is 57.7 Å². The molecule has 5 nitrogen and oxygen atoms in total. The van der Waals surface area contributed by atoms with E-state index in [1.165, 1.54) is 17.0 Å². The fourth-order valence-electron chi connectivity index (χ4n) is 4.47. The van der Waals surface area contributed by atoms with Gasteiger partial charge in [-0.1, -0.05) is 48.5 Å². The fourth-order valence-corrected chi connectivity index (χ4v) is 4.47. The summed E-state index contributed by atoms with van der Waals surface area (Å²) in [5.74, 6) is -1.38. The first-order valence-electron chi connectivity index (χ1n) is 11.0. The molecule has 33 heavy (non-hydrogen) atoms. The Hall–Kier alpha value is -3.16. The lowest BCUT2D eigenvalue weighted by Crippen LogP contribution is -2.44. The van der Waals surface area contributed by atoms with Crippen molar-refractivity contribution in [2.24, 2.45) is 0 Å². The number of imide groups is 1. The summed E-state index contributed by atoms with van der Waals surface area (Å²) in [6.07, 6.45) is -3.91. The quantitative estimate of drug-likeness (QED) is 0.582. The smallest absolute Gasteiger partial charge is 0.339 e. The van der Waals surface area contributed by atoms with Crippen LogP contribution in [0.1, 0.15) is 49.3 Å². The average Bonchev–Trinajstić information content (AvgIpc) is 3.58. The van der Waals surface area contributed by atoms with Gasteiger partial charge in [-0.2, -0.15) is 13.2 Å². The normalized spacial score (nSPS) is 20.9. The number of alkyl halides is 3. The van der Waals surface area contributed by atoms with Crippen LogP contribution >= 0.6 is 0 Å². The van der Waals surface area contributed by atoms with Crippen LogP contribution in [0.3, 0.4) is 0 Å². The number of carbonyl (C=O) groups is 3. The Morgan fingerprint density at radius 2 is 1.79 bits per heavy atom. The fraction of sp³-hybridized carbons (Fsp3) is 0.400. The number of halogens is 3. The third kappa shape index (κ3) is 4.51. The second kappa shape index (κ2) is 8.65. The van der Waals surface area contributed by atoms with Crippen LogP contribution in [0, 0.1) is 0 Å². The van der Waals surface area contributed by atoms with Crippen LogP contribution in [0.5, 0.6) is 0 Å². The van der Waals surface area contributed by atoms with E-state index in [2.05, 4.69) is 0 Å². The first-order chi connectivity index (χ1) is 15.7. The summed E-state index contributed by atoms with van der Waals surface area (Å²) in [7, 11) is 0. The molecule has 2 aliphatic rings. The summed E-state index contributed by atoms with van der Waals surface area (Å²) in [4.78, 5) is 42.4. The Morgan fingerprint density at radius 1 is 1.09 bits per heavy atom. The molecule has 0 unspecified atom stereocenters. The maximum absolute atomic E-state index is 13.5. The number of nitrogens with zero attached hydrogens (tertiary/aromatic N) is 2. The van der Waals surface area contributed by atoms with Crippen LogP contribution in [-0.2, 0) is 32.5 Å². The van der Waals surface area contributed by atoms with Gasteiger partial charge in [0.25, 0.3) is 0 Å². The molecule has 1 saturated carbocycles. The number of hydrogen-bond donors (Lipinski definition) is 0. The van der Waals surface area contributed by atoms with Crippen molar-refractivity contribution in [2.75, 3.05) is 6.54 Å². The summed E-state index contributed by atoms with van der Waals surface area (Å²) in [5.41, 5.74) is -1.59. The average molecular weight is 458 g/mol. The molecule has 8 heteroatoms. The molecule has 1 aliphatic heterocycles. The van der Waals surface area contributed by atoms with Gasteiger partial charge in [0.1, 0.15) is 0 Å². The molecule has 2 fully saturated rings. The second-order valence-corrected chi connectivity index (χ2v) is 8.71. The minimum absolute atomic E-state index is 0.0583. The van der Waals surface area contributed by atoms with Crippen molar-refractivity contribution in [3.05, 3.63) is 71.3 Å². The molecule has 0 radical (unpaired) electrons. The van der Waals surface area contributed by atoms with E-state index < -0.39 is 29.0 Å². The maximum Gasteiger partial charge on any atom is 0.416 e.